The van der Waals surface area contributed by atoms with Gasteiger partial charge in [-0.3, -0.25) is 9.59 Å². The summed E-state index contributed by atoms with van der Waals surface area (Å²) in [6.45, 7) is 2.63. The van der Waals surface area contributed by atoms with Gasteiger partial charge in [0.25, 0.3) is 5.91 Å². The van der Waals surface area contributed by atoms with Crippen molar-refractivity contribution in [3.05, 3.63) is 23.5 Å². The van der Waals surface area contributed by atoms with E-state index in [2.05, 4.69) is 15.6 Å². The maximum Gasteiger partial charge on any atom is 0.253 e. The monoisotopic (exact) mass is 291 g/mol. The Morgan fingerprint density at radius 2 is 2.24 bits per heavy atom. The topological polar surface area (TPSA) is 83.2 Å². The smallest absolute Gasteiger partial charge is 0.253 e. The molecule has 3 atom stereocenters. The quantitative estimate of drug-likeness (QED) is 0.773. The molecular formula is C15H21N3O3. The van der Waals surface area contributed by atoms with E-state index in [1.807, 2.05) is 6.92 Å². The van der Waals surface area contributed by atoms with Crippen LogP contribution >= 0.6 is 0 Å². The Bertz CT molecular complexity index is 534. The van der Waals surface area contributed by atoms with Gasteiger partial charge in [0.1, 0.15) is 0 Å². The SMILES string of the molecule is Cc1c[nH]cc1C(=O)N[C@H]1CCC(=O)N[C@@H]1C1CCCO1. The number of hydrogen-bond donors (Lipinski definition) is 3. The number of amides is 2. The van der Waals surface area contributed by atoms with Crippen LogP contribution in [0.25, 0.3) is 0 Å². The Balaban J connectivity index is 1.71. The van der Waals surface area contributed by atoms with Crippen LogP contribution in [0.1, 0.15) is 41.6 Å². The average molecular weight is 291 g/mol. The highest BCUT2D eigenvalue weighted by Crippen LogP contribution is 2.23. The average Bonchev–Trinajstić information content (AvgIpc) is 3.11. The number of carbonyl (C=O) groups excluding carboxylic acids is 2. The molecule has 0 bridgehead atoms. The molecule has 2 fully saturated rings. The van der Waals surface area contributed by atoms with Crippen LogP contribution in [-0.4, -0.2) is 41.6 Å². The van der Waals surface area contributed by atoms with Crippen molar-refractivity contribution in [3.63, 3.8) is 0 Å². The normalized spacial score (nSPS) is 29.2. The van der Waals surface area contributed by atoms with E-state index in [0.717, 1.165) is 25.0 Å². The summed E-state index contributed by atoms with van der Waals surface area (Å²) in [5.74, 6) is -0.0586. The molecule has 2 saturated heterocycles. The van der Waals surface area contributed by atoms with Gasteiger partial charge in [-0.2, -0.15) is 0 Å². The molecule has 0 saturated carbocycles. The summed E-state index contributed by atoms with van der Waals surface area (Å²) < 4.78 is 5.69. The summed E-state index contributed by atoms with van der Waals surface area (Å²) in [7, 11) is 0. The molecular weight excluding hydrogens is 270 g/mol. The molecule has 3 N–H and O–H groups in total. The zero-order valence-corrected chi connectivity index (χ0v) is 12.1. The van der Waals surface area contributed by atoms with Gasteiger partial charge in [0.05, 0.1) is 23.8 Å². The van der Waals surface area contributed by atoms with Crippen LogP contribution in [-0.2, 0) is 9.53 Å². The van der Waals surface area contributed by atoms with E-state index in [1.54, 1.807) is 12.4 Å². The molecule has 1 aromatic heterocycles. The Kier molecular flexibility index (Phi) is 3.96. The van der Waals surface area contributed by atoms with Crippen LogP contribution in [0, 0.1) is 6.92 Å². The molecule has 6 heteroatoms. The third-order valence-corrected chi connectivity index (χ3v) is 4.32. The lowest BCUT2D eigenvalue weighted by Crippen LogP contribution is -2.60. The number of ether oxygens (including phenoxy) is 1. The number of nitrogens with one attached hydrogen (secondary N) is 3. The fraction of sp³-hybridized carbons (Fsp3) is 0.600. The zero-order chi connectivity index (χ0) is 14.8. The van der Waals surface area contributed by atoms with E-state index in [1.165, 1.54) is 0 Å². The first kappa shape index (κ1) is 14.1. The van der Waals surface area contributed by atoms with Gasteiger partial charge in [0.15, 0.2) is 0 Å². The zero-order valence-electron chi connectivity index (χ0n) is 12.1. The third-order valence-electron chi connectivity index (χ3n) is 4.32. The molecule has 0 aromatic carbocycles. The fourth-order valence-electron chi connectivity index (χ4n) is 3.16. The van der Waals surface area contributed by atoms with Crippen molar-refractivity contribution in [1.82, 2.24) is 15.6 Å². The Hall–Kier alpha value is -1.82. The first-order valence-corrected chi connectivity index (χ1v) is 7.50. The summed E-state index contributed by atoms with van der Waals surface area (Å²) in [6, 6.07) is -0.204. The van der Waals surface area contributed by atoms with E-state index in [9.17, 15) is 9.59 Å². The van der Waals surface area contributed by atoms with Crippen molar-refractivity contribution in [2.24, 2.45) is 0 Å². The van der Waals surface area contributed by atoms with Crippen LogP contribution in [0.5, 0.6) is 0 Å². The maximum absolute atomic E-state index is 12.4. The second-order valence-corrected chi connectivity index (χ2v) is 5.82. The summed E-state index contributed by atoms with van der Waals surface area (Å²) in [5.41, 5.74) is 1.57. The number of carbonyl (C=O) groups is 2. The molecule has 2 amide bonds. The number of aryl methyl sites for hydroxylation is 1. The molecule has 3 heterocycles. The lowest BCUT2D eigenvalue weighted by Gasteiger charge is -2.36. The van der Waals surface area contributed by atoms with Crippen molar-refractivity contribution in [2.75, 3.05) is 6.61 Å². The predicted octanol–water partition coefficient (Wildman–Crippen LogP) is 0.879. The van der Waals surface area contributed by atoms with Crippen molar-refractivity contribution in [3.8, 4) is 0 Å². The number of aromatic nitrogens is 1. The van der Waals surface area contributed by atoms with E-state index >= 15 is 0 Å². The third kappa shape index (κ3) is 2.95. The summed E-state index contributed by atoms with van der Waals surface area (Å²) in [6.07, 6.45) is 6.55. The molecule has 0 spiro atoms. The van der Waals surface area contributed by atoms with E-state index in [-0.39, 0.29) is 30.0 Å². The maximum atomic E-state index is 12.4. The van der Waals surface area contributed by atoms with E-state index in [0.29, 0.717) is 18.4 Å². The molecule has 114 valence electrons. The Labute approximate surface area is 123 Å². The minimum atomic E-state index is -0.128. The van der Waals surface area contributed by atoms with Gasteiger partial charge in [0.2, 0.25) is 5.91 Å². The lowest BCUT2D eigenvalue weighted by molar-refractivity contribution is -0.125. The number of aromatic amines is 1. The van der Waals surface area contributed by atoms with Crippen molar-refractivity contribution < 1.29 is 14.3 Å². The first-order valence-electron chi connectivity index (χ1n) is 7.50. The highest BCUT2D eigenvalue weighted by Gasteiger charge is 2.37. The number of piperidine rings is 1. The molecule has 6 nitrogen and oxygen atoms in total. The fourth-order valence-corrected chi connectivity index (χ4v) is 3.16. The summed E-state index contributed by atoms with van der Waals surface area (Å²) in [5, 5.41) is 6.04. The molecule has 1 unspecified atom stereocenters. The van der Waals surface area contributed by atoms with Crippen LogP contribution in [0.3, 0.4) is 0 Å². The van der Waals surface area contributed by atoms with Crippen LogP contribution in [0.2, 0.25) is 0 Å². The standard InChI is InChI=1S/C15H21N3O3/c1-9-7-16-8-10(9)15(20)17-11-4-5-13(19)18-14(11)12-3-2-6-21-12/h7-8,11-12,14,16H,2-6H2,1H3,(H,17,20)(H,18,19)/t11-,12?,14-/m0/s1. The van der Waals surface area contributed by atoms with Gasteiger partial charge in [-0.15, -0.1) is 0 Å². The largest absolute Gasteiger partial charge is 0.376 e. The van der Waals surface area contributed by atoms with Crippen LogP contribution in [0.4, 0.5) is 0 Å². The van der Waals surface area contributed by atoms with Gasteiger partial charge in [0, 0.05) is 25.4 Å². The lowest BCUT2D eigenvalue weighted by atomic mass is 9.92. The summed E-state index contributed by atoms with van der Waals surface area (Å²) >= 11 is 0. The Morgan fingerprint density at radius 1 is 1.38 bits per heavy atom. The first-order chi connectivity index (χ1) is 10.1. The van der Waals surface area contributed by atoms with Gasteiger partial charge < -0.3 is 20.4 Å². The minimum absolute atomic E-state index is 0.00636. The van der Waals surface area contributed by atoms with Crippen molar-refractivity contribution in [2.45, 2.75) is 50.8 Å². The molecule has 21 heavy (non-hydrogen) atoms. The number of rotatable bonds is 3. The van der Waals surface area contributed by atoms with Gasteiger partial charge in [-0.25, -0.2) is 0 Å². The van der Waals surface area contributed by atoms with E-state index < -0.39 is 0 Å². The van der Waals surface area contributed by atoms with Gasteiger partial charge >= 0.3 is 0 Å². The molecule has 2 aliphatic heterocycles. The molecule has 0 radical (unpaired) electrons. The van der Waals surface area contributed by atoms with Gasteiger partial charge in [-0.05, 0) is 31.7 Å². The minimum Gasteiger partial charge on any atom is -0.376 e. The Morgan fingerprint density at radius 3 is 2.90 bits per heavy atom. The molecule has 3 rings (SSSR count). The molecule has 0 aliphatic carbocycles. The highest BCUT2D eigenvalue weighted by molar-refractivity contribution is 5.95. The van der Waals surface area contributed by atoms with Gasteiger partial charge in [-0.1, -0.05) is 0 Å². The van der Waals surface area contributed by atoms with E-state index in [4.69, 9.17) is 4.74 Å². The van der Waals surface area contributed by atoms with Crippen LogP contribution < -0.4 is 10.6 Å². The second-order valence-electron chi connectivity index (χ2n) is 5.82. The number of H-pyrrole nitrogens is 1. The van der Waals surface area contributed by atoms with Crippen LogP contribution in [0.15, 0.2) is 12.4 Å². The predicted molar refractivity (Wildman–Crippen MR) is 76.9 cm³/mol. The van der Waals surface area contributed by atoms with Crippen molar-refractivity contribution in [1.29, 1.82) is 0 Å². The molecule has 2 aliphatic rings. The highest BCUT2D eigenvalue weighted by atomic mass is 16.5. The summed E-state index contributed by atoms with van der Waals surface area (Å²) in [4.78, 5) is 26.9. The second kappa shape index (κ2) is 5.89. The van der Waals surface area contributed by atoms with Crippen molar-refractivity contribution >= 4 is 11.8 Å². The molecule has 1 aromatic rings. The number of hydrogen-bond acceptors (Lipinski definition) is 3.